The fourth-order valence-corrected chi connectivity index (χ4v) is 3.45. The fraction of sp³-hybridized carbons (Fsp3) is 0.389. The third-order valence-corrected chi connectivity index (χ3v) is 4.55. The molecule has 0 aliphatic heterocycles. The Morgan fingerprint density at radius 3 is 2.65 bits per heavy atom. The van der Waals surface area contributed by atoms with Crippen molar-refractivity contribution >= 4 is 23.2 Å². The molecule has 0 aliphatic carbocycles. The van der Waals surface area contributed by atoms with E-state index >= 15 is 0 Å². The highest BCUT2D eigenvalue weighted by Crippen LogP contribution is 2.16. The number of ether oxygens (including phenoxy) is 1. The number of carbonyl (C=O) groups excluding carboxylic acids is 1. The smallest absolute Gasteiger partial charge is 0.305 e. The maximum Gasteiger partial charge on any atom is 0.305 e. The number of thiazole rings is 1. The van der Waals surface area contributed by atoms with Gasteiger partial charge in [0.25, 0.3) is 0 Å². The molecule has 1 atom stereocenters. The highest BCUT2D eigenvalue weighted by molar-refractivity contribution is 7.09. The molecule has 6 nitrogen and oxygen atoms in total. The predicted octanol–water partition coefficient (Wildman–Crippen LogP) is 2.41. The van der Waals surface area contributed by atoms with Crippen molar-refractivity contribution in [1.82, 2.24) is 10.3 Å². The molecule has 26 heavy (non-hydrogen) atoms. The van der Waals surface area contributed by atoms with Gasteiger partial charge in [0.15, 0.2) is 0 Å². The summed E-state index contributed by atoms with van der Waals surface area (Å²) in [5.74, 6) is -1.62. The lowest BCUT2D eigenvalue weighted by Crippen LogP contribution is -2.51. The minimum Gasteiger partial charge on any atom is -0.481 e. The van der Waals surface area contributed by atoms with Crippen molar-refractivity contribution in [3.8, 4) is 0 Å². The van der Waals surface area contributed by atoms with E-state index in [2.05, 4.69) is 10.3 Å². The third-order valence-electron chi connectivity index (χ3n) is 3.66. The molecule has 0 radical (unpaired) electrons. The Morgan fingerprint density at radius 1 is 1.35 bits per heavy atom. The van der Waals surface area contributed by atoms with Gasteiger partial charge in [0.2, 0.25) is 5.91 Å². The number of aliphatic carboxylic acids is 1. The Balaban J connectivity index is 1.95. The van der Waals surface area contributed by atoms with Crippen LogP contribution in [0.3, 0.4) is 0 Å². The number of rotatable bonds is 9. The number of hydrogen-bond donors (Lipinski definition) is 2. The van der Waals surface area contributed by atoms with E-state index in [1.165, 1.54) is 30.6 Å². The number of aromatic nitrogens is 1. The Labute approximate surface area is 155 Å². The average molecular weight is 380 g/mol. The van der Waals surface area contributed by atoms with E-state index in [9.17, 15) is 14.0 Å². The molecule has 2 aromatic rings. The predicted molar refractivity (Wildman–Crippen MR) is 95.7 cm³/mol. The van der Waals surface area contributed by atoms with Crippen molar-refractivity contribution in [3.05, 3.63) is 51.7 Å². The van der Waals surface area contributed by atoms with E-state index in [1.54, 1.807) is 24.4 Å². The number of carboxylic acid groups (broad SMARTS) is 1. The SMILES string of the molecule is COCC(C)(CC(=O)O)NC(=O)Cc1csc(Cc2ccc(F)cc2)n1. The Kier molecular flexibility index (Phi) is 6.82. The van der Waals surface area contributed by atoms with Gasteiger partial charge in [-0.2, -0.15) is 0 Å². The van der Waals surface area contributed by atoms with Crippen LogP contribution in [0.5, 0.6) is 0 Å². The summed E-state index contributed by atoms with van der Waals surface area (Å²) in [5, 5.41) is 14.3. The van der Waals surface area contributed by atoms with Crippen LogP contribution < -0.4 is 5.32 Å². The van der Waals surface area contributed by atoms with Crippen LogP contribution in [0.4, 0.5) is 4.39 Å². The Hall–Kier alpha value is -2.32. The second-order valence-corrected chi connectivity index (χ2v) is 7.27. The van der Waals surface area contributed by atoms with Crippen LogP contribution in [0.15, 0.2) is 29.6 Å². The van der Waals surface area contributed by atoms with Crippen LogP contribution in [0.2, 0.25) is 0 Å². The topological polar surface area (TPSA) is 88.5 Å². The molecule has 1 aromatic carbocycles. The Morgan fingerprint density at radius 2 is 2.04 bits per heavy atom. The van der Waals surface area contributed by atoms with Crippen LogP contribution in [0.25, 0.3) is 0 Å². The van der Waals surface area contributed by atoms with E-state index in [4.69, 9.17) is 9.84 Å². The third kappa shape index (κ3) is 6.20. The van der Waals surface area contributed by atoms with Gasteiger partial charge in [0.05, 0.1) is 35.7 Å². The summed E-state index contributed by atoms with van der Waals surface area (Å²) in [6, 6.07) is 6.20. The highest BCUT2D eigenvalue weighted by atomic mass is 32.1. The molecule has 0 fully saturated rings. The number of amides is 1. The quantitative estimate of drug-likeness (QED) is 0.697. The van der Waals surface area contributed by atoms with Crippen LogP contribution >= 0.6 is 11.3 Å². The minimum atomic E-state index is -1.01. The van der Waals surface area contributed by atoms with Crippen molar-refractivity contribution in [3.63, 3.8) is 0 Å². The number of benzene rings is 1. The maximum atomic E-state index is 12.9. The van der Waals surface area contributed by atoms with Gasteiger partial charge in [-0.1, -0.05) is 12.1 Å². The normalized spacial score (nSPS) is 13.2. The number of carbonyl (C=O) groups is 2. The van der Waals surface area contributed by atoms with Gasteiger partial charge in [0.1, 0.15) is 5.82 Å². The summed E-state index contributed by atoms with van der Waals surface area (Å²) in [5.41, 5.74) is 0.565. The first-order valence-electron chi connectivity index (χ1n) is 7.99. The molecule has 0 bridgehead atoms. The molecule has 1 unspecified atom stereocenters. The van der Waals surface area contributed by atoms with Gasteiger partial charge in [-0.15, -0.1) is 11.3 Å². The molecule has 0 saturated carbocycles. The zero-order chi connectivity index (χ0) is 19.2. The van der Waals surface area contributed by atoms with Crippen LogP contribution in [-0.2, 0) is 27.2 Å². The molecule has 0 spiro atoms. The molecule has 8 heteroatoms. The lowest BCUT2D eigenvalue weighted by Gasteiger charge is -2.28. The van der Waals surface area contributed by atoms with Crippen molar-refractivity contribution in [2.45, 2.75) is 31.7 Å². The molecular weight excluding hydrogens is 359 g/mol. The maximum absolute atomic E-state index is 12.9. The summed E-state index contributed by atoms with van der Waals surface area (Å²) >= 11 is 1.43. The summed E-state index contributed by atoms with van der Waals surface area (Å²) in [6.07, 6.45) is 0.380. The molecule has 140 valence electrons. The molecule has 2 N–H and O–H groups in total. The van der Waals surface area contributed by atoms with Gasteiger partial charge in [-0.3, -0.25) is 9.59 Å². The first-order valence-corrected chi connectivity index (χ1v) is 8.87. The lowest BCUT2D eigenvalue weighted by atomic mass is 9.98. The van der Waals surface area contributed by atoms with Crippen LogP contribution in [0, 0.1) is 5.82 Å². The first-order chi connectivity index (χ1) is 12.3. The van der Waals surface area contributed by atoms with Gasteiger partial charge in [0, 0.05) is 18.9 Å². The van der Waals surface area contributed by atoms with Crippen molar-refractivity contribution in [1.29, 1.82) is 0 Å². The molecule has 0 saturated heterocycles. The number of carboxylic acids is 1. The first kappa shape index (κ1) is 20.0. The van der Waals surface area contributed by atoms with E-state index in [0.29, 0.717) is 12.1 Å². The van der Waals surface area contributed by atoms with Crippen molar-refractivity contribution in [2.75, 3.05) is 13.7 Å². The summed E-state index contributed by atoms with van der Waals surface area (Å²) in [6.45, 7) is 1.72. The minimum absolute atomic E-state index is 0.0544. The van der Waals surface area contributed by atoms with E-state index < -0.39 is 11.5 Å². The molecule has 1 heterocycles. The van der Waals surface area contributed by atoms with Gasteiger partial charge < -0.3 is 15.2 Å². The number of halogens is 1. The van der Waals surface area contributed by atoms with Crippen LogP contribution in [-0.4, -0.2) is 41.2 Å². The van der Waals surface area contributed by atoms with E-state index in [-0.39, 0.29) is 31.2 Å². The number of methoxy groups -OCH3 is 1. The molecule has 1 aromatic heterocycles. The van der Waals surface area contributed by atoms with Crippen molar-refractivity contribution < 1.29 is 23.8 Å². The van der Waals surface area contributed by atoms with Gasteiger partial charge in [-0.25, -0.2) is 9.37 Å². The van der Waals surface area contributed by atoms with E-state index in [1.807, 2.05) is 0 Å². The molecule has 2 rings (SSSR count). The summed E-state index contributed by atoms with van der Waals surface area (Å²) < 4.78 is 18.0. The van der Waals surface area contributed by atoms with Gasteiger partial charge >= 0.3 is 5.97 Å². The molecule has 0 aliphatic rings. The number of nitrogens with one attached hydrogen (secondary N) is 1. The highest BCUT2D eigenvalue weighted by Gasteiger charge is 2.29. The average Bonchev–Trinajstić information content (AvgIpc) is 2.95. The van der Waals surface area contributed by atoms with Crippen molar-refractivity contribution in [2.24, 2.45) is 0 Å². The second-order valence-electron chi connectivity index (χ2n) is 6.32. The molecule has 1 amide bonds. The largest absolute Gasteiger partial charge is 0.481 e. The standard InChI is InChI=1S/C18H21FN2O4S/c1-18(11-25-2,9-17(23)24)21-15(22)8-14-10-26-16(20-14)7-12-3-5-13(19)6-4-12/h3-6,10H,7-9,11H2,1-2H3,(H,21,22)(H,23,24). The number of nitrogens with zero attached hydrogens (tertiary/aromatic N) is 1. The monoisotopic (exact) mass is 380 g/mol. The Bertz CT molecular complexity index is 763. The second kappa shape index (κ2) is 8.86. The van der Waals surface area contributed by atoms with Gasteiger partial charge in [-0.05, 0) is 24.6 Å². The lowest BCUT2D eigenvalue weighted by molar-refractivity contribution is -0.139. The van der Waals surface area contributed by atoms with Crippen LogP contribution in [0.1, 0.15) is 29.6 Å². The zero-order valence-corrected chi connectivity index (χ0v) is 15.4. The van der Waals surface area contributed by atoms with E-state index in [0.717, 1.165) is 10.6 Å². The fourth-order valence-electron chi connectivity index (χ4n) is 2.62. The summed E-state index contributed by atoms with van der Waals surface area (Å²) in [4.78, 5) is 27.7. The zero-order valence-electron chi connectivity index (χ0n) is 14.6. The number of hydrogen-bond acceptors (Lipinski definition) is 5. The molecular formula is C18H21FN2O4S. The summed E-state index contributed by atoms with van der Waals surface area (Å²) in [7, 11) is 1.45.